The lowest BCUT2D eigenvalue weighted by atomic mass is 10.2. The standard InChI is InChI=1S/C12H22N4O/c1-3-5-6-8-14-12(17)11-10(13)9(7-4-2)15-16-11/h3-8,13H2,1-2H3,(H,14,17)(H,15,16). The Morgan fingerprint density at radius 1 is 1.35 bits per heavy atom. The van der Waals surface area contributed by atoms with Crippen molar-refractivity contribution >= 4 is 11.6 Å². The van der Waals surface area contributed by atoms with Gasteiger partial charge in [0.2, 0.25) is 0 Å². The number of H-pyrrole nitrogens is 1. The van der Waals surface area contributed by atoms with Gasteiger partial charge in [-0.3, -0.25) is 9.89 Å². The molecular weight excluding hydrogens is 216 g/mol. The number of aryl methyl sites for hydroxylation is 1. The Labute approximate surface area is 102 Å². The number of hydrogen-bond donors (Lipinski definition) is 3. The lowest BCUT2D eigenvalue weighted by molar-refractivity contribution is 0.0949. The highest BCUT2D eigenvalue weighted by Gasteiger charge is 2.15. The van der Waals surface area contributed by atoms with E-state index in [-0.39, 0.29) is 5.91 Å². The number of hydrogen-bond acceptors (Lipinski definition) is 3. The largest absolute Gasteiger partial charge is 0.395 e. The lowest BCUT2D eigenvalue weighted by Gasteiger charge is -2.03. The van der Waals surface area contributed by atoms with Crippen LogP contribution in [0.15, 0.2) is 0 Å². The number of anilines is 1. The maximum atomic E-state index is 11.8. The summed E-state index contributed by atoms with van der Waals surface area (Å²) in [4.78, 5) is 11.8. The molecule has 96 valence electrons. The molecule has 1 rings (SSSR count). The Bertz CT molecular complexity index is 359. The van der Waals surface area contributed by atoms with Crippen LogP contribution in [0.2, 0.25) is 0 Å². The number of rotatable bonds is 7. The van der Waals surface area contributed by atoms with Crippen LogP contribution in [0.4, 0.5) is 5.69 Å². The molecule has 5 heteroatoms. The first kappa shape index (κ1) is 13.5. The van der Waals surface area contributed by atoms with Gasteiger partial charge in [-0.2, -0.15) is 5.10 Å². The zero-order valence-electron chi connectivity index (χ0n) is 10.7. The number of nitrogens with zero attached hydrogens (tertiary/aromatic N) is 1. The number of nitrogens with two attached hydrogens (primary N) is 1. The average molecular weight is 238 g/mol. The van der Waals surface area contributed by atoms with E-state index in [2.05, 4.69) is 29.4 Å². The fraction of sp³-hybridized carbons (Fsp3) is 0.667. The van der Waals surface area contributed by atoms with Gasteiger partial charge in [-0.1, -0.05) is 33.1 Å². The summed E-state index contributed by atoms with van der Waals surface area (Å²) in [6.45, 7) is 4.87. The van der Waals surface area contributed by atoms with Crippen LogP contribution in [0.1, 0.15) is 55.7 Å². The molecule has 1 heterocycles. The number of aromatic nitrogens is 2. The highest BCUT2D eigenvalue weighted by atomic mass is 16.1. The molecule has 0 bridgehead atoms. The van der Waals surface area contributed by atoms with Crippen molar-refractivity contribution < 1.29 is 4.79 Å². The lowest BCUT2D eigenvalue weighted by Crippen LogP contribution is -2.25. The molecule has 0 atom stereocenters. The topological polar surface area (TPSA) is 83.8 Å². The Morgan fingerprint density at radius 2 is 2.12 bits per heavy atom. The molecule has 1 amide bonds. The molecule has 1 aromatic rings. The second kappa shape index (κ2) is 6.93. The number of aromatic amines is 1. The Kier molecular flexibility index (Phi) is 5.52. The first-order valence-electron chi connectivity index (χ1n) is 6.31. The van der Waals surface area contributed by atoms with Crippen molar-refractivity contribution in [1.29, 1.82) is 0 Å². The van der Waals surface area contributed by atoms with Gasteiger partial charge in [0.15, 0.2) is 5.69 Å². The van der Waals surface area contributed by atoms with Crippen LogP contribution in [-0.4, -0.2) is 22.6 Å². The molecule has 0 aliphatic rings. The number of unbranched alkanes of at least 4 members (excludes halogenated alkanes) is 2. The van der Waals surface area contributed by atoms with Crippen LogP contribution in [0, 0.1) is 0 Å². The summed E-state index contributed by atoms with van der Waals surface area (Å²) in [6, 6.07) is 0. The van der Waals surface area contributed by atoms with E-state index in [9.17, 15) is 4.79 Å². The van der Waals surface area contributed by atoms with Gasteiger partial charge in [0, 0.05) is 6.54 Å². The average Bonchev–Trinajstić information content (AvgIpc) is 2.67. The zero-order chi connectivity index (χ0) is 12.7. The van der Waals surface area contributed by atoms with E-state index in [1.807, 2.05) is 0 Å². The van der Waals surface area contributed by atoms with Crippen molar-refractivity contribution in [3.63, 3.8) is 0 Å². The van der Waals surface area contributed by atoms with Crippen LogP contribution in [0.3, 0.4) is 0 Å². The molecule has 0 radical (unpaired) electrons. The van der Waals surface area contributed by atoms with E-state index in [4.69, 9.17) is 5.73 Å². The molecule has 5 nitrogen and oxygen atoms in total. The molecule has 0 saturated carbocycles. The third-order valence-electron chi connectivity index (χ3n) is 2.66. The van der Waals surface area contributed by atoms with E-state index in [1.165, 1.54) is 0 Å². The molecule has 17 heavy (non-hydrogen) atoms. The van der Waals surface area contributed by atoms with Crippen LogP contribution >= 0.6 is 0 Å². The van der Waals surface area contributed by atoms with Crippen molar-refractivity contribution in [2.24, 2.45) is 0 Å². The van der Waals surface area contributed by atoms with E-state index in [0.717, 1.165) is 37.8 Å². The van der Waals surface area contributed by atoms with Crippen molar-refractivity contribution in [3.05, 3.63) is 11.4 Å². The van der Waals surface area contributed by atoms with Crippen LogP contribution < -0.4 is 11.1 Å². The van der Waals surface area contributed by atoms with E-state index >= 15 is 0 Å². The molecule has 4 N–H and O–H groups in total. The number of amides is 1. The fourth-order valence-corrected chi connectivity index (χ4v) is 1.66. The van der Waals surface area contributed by atoms with Crippen molar-refractivity contribution in [2.75, 3.05) is 12.3 Å². The summed E-state index contributed by atoms with van der Waals surface area (Å²) in [5.41, 5.74) is 7.53. The smallest absolute Gasteiger partial charge is 0.273 e. The van der Waals surface area contributed by atoms with Crippen molar-refractivity contribution in [1.82, 2.24) is 15.5 Å². The van der Waals surface area contributed by atoms with Crippen LogP contribution in [-0.2, 0) is 6.42 Å². The third-order valence-corrected chi connectivity index (χ3v) is 2.66. The summed E-state index contributed by atoms with van der Waals surface area (Å²) in [6.07, 6.45) is 5.05. The molecule has 0 aliphatic heterocycles. The van der Waals surface area contributed by atoms with Crippen LogP contribution in [0.25, 0.3) is 0 Å². The van der Waals surface area contributed by atoms with Gasteiger partial charge in [0.25, 0.3) is 5.91 Å². The van der Waals surface area contributed by atoms with E-state index in [1.54, 1.807) is 0 Å². The Morgan fingerprint density at radius 3 is 2.76 bits per heavy atom. The third kappa shape index (κ3) is 3.76. The van der Waals surface area contributed by atoms with Crippen molar-refractivity contribution in [3.8, 4) is 0 Å². The molecule has 0 spiro atoms. The second-order valence-corrected chi connectivity index (χ2v) is 4.18. The number of nitrogen functional groups attached to an aromatic ring is 1. The first-order chi connectivity index (χ1) is 8.20. The summed E-state index contributed by atoms with van der Waals surface area (Å²) < 4.78 is 0. The predicted molar refractivity (Wildman–Crippen MR) is 68.9 cm³/mol. The molecule has 0 unspecified atom stereocenters. The van der Waals surface area contributed by atoms with Crippen LogP contribution in [0.5, 0.6) is 0 Å². The number of nitrogens with one attached hydrogen (secondary N) is 2. The zero-order valence-corrected chi connectivity index (χ0v) is 10.7. The van der Waals surface area contributed by atoms with Gasteiger partial charge in [-0.05, 0) is 12.8 Å². The van der Waals surface area contributed by atoms with Gasteiger partial charge < -0.3 is 11.1 Å². The van der Waals surface area contributed by atoms with Gasteiger partial charge in [0.1, 0.15) is 0 Å². The maximum absolute atomic E-state index is 11.8. The highest BCUT2D eigenvalue weighted by Crippen LogP contribution is 2.15. The molecule has 0 aromatic carbocycles. The summed E-state index contributed by atoms with van der Waals surface area (Å²) in [5.74, 6) is -0.183. The van der Waals surface area contributed by atoms with Gasteiger partial charge in [-0.15, -0.1) is 0 Å². The molecule has 0 saturated heterocycles. The van der Waals surface area contributed by atoms with Crippen molar-refractivity contribution in [2.45, 2.75) is 46.0 Å². The summed E-state index contributed by atoms with van der Waals surface area (Å²) >= 11 is 0. The molecular formula is C12H22N4O. The minimum Gasteiger partial charge on any atom is -0.395 e. The van der Waals surface area contributed by atoms with Gasteiger partial charge in [0.05, 0.1) is 11.4 Å². The van der Waals surface area contributed by atoms with E-state index < -0.39 is 0 Å². The monoisotopic (exact) mass is 238 g/mol. The maximum Gasteiger partial charge on any atom is 0.273 e. The molecule has 0 aliphatic carbocycles. The van der Waals surface area contributed by atoms with E-state index in [0.29, 0.717) is 17.9 Å². The SMILES string of the molecule is CCCCCNC(=O)c1n[nH]c(CCC)c1N. The highest BCUT2D eigenvalue weighted by molar-refractivity contribution is 5.97. The molecule has 0 fully saturated rings. The molecule has 1 aromatic heterocycles. The first-order valence-corrected chi connectivity index (χ1v) is 6.31. The Balaban J connectivity index is 2.51. The quantitative estimate of drug-likeness (QED) is 0.634. The minimum atomic E-state index is -0.183. The summed E-state index contributed by atoms with van der Waals surface area (Å²) in [5, 5.41) is 9.62. The Hall–Kier alpha value is -1.52. The predicted octanol–water partition coefficient (Wildman–Crippen LogP) is 1.86. The fourth-order valence-electron chi connectivity index (χ4n) is 1.66. The van der Waals surface area contributed by atoms with Gasteiger partial charge in [-0.25, -0.2) is 0 Å². The second-order valence-electron chi connectivity index (χ2n) is 4.18. The minimum absolute atomic E-state index is 0.183. The number of carbonyl (C=O) groups is 1. The summed E-state index contributed by atoms with van der Waals surface area (Å²) in [7, 11) is 0. The van der Waals surface area contributed by atoms with Gasteiger partial charge >= 0.3 is 0 Å². The normalized spacial score (nSPS) is 10.5. The number of carbonyl (C=O) groups excluding carboxylic acids is 1.